The third-order valence-corrected chi connectivity index (χ3v) is 11.6. The number of thiophene rings is 1. The molecule has 0 radical (unpaired) electrons. The van der Waals surface area contributed by atoms with E-state index >= 15 is 0 Å². The first-order valence-corrected chi connectivity index (χ1v) is 18.0. The summed E-state index contributed by atoms with van der Waals surface area (Å²) in [6.45, 7) is 0. The summed E-state index contributed by atoms with van der Waals surface area (Å²) in [5.41, 5.74) is 6.56. The van der Waals surface area contributed by atoms with E-state index in [0.717, 1.165) is 81.9 Å². The molecule has 8 aromatic carbocycles. The first kappa shape index (κ1) is 27.3. The van der Waals surface area contributed by atoms with Gasteiger partial charge in [0.25, 0.3) is 0 Å². The molecule has 0 bridgehead atoms. The molecule has 12 aromatic rings. The lowest BCUT2D eigenvalue weighted by atomic mass is 9.98. The van der Waals surface area contributed by atoms with Crippen molar-refractivity contribution in [3.05, 3.63) is 152 Å². The van der Waals surface area contributed by atoms with Crippen molar-refractivity contribution in [2.24, 2.45) is 0 Å². The maximum atomic E-state index is 7.05. The van der Waals surface area contributed by atoms with Gasteiger partial charge in [0.05, 0.1) is 11.0 Å². The highest BCUT2D eigenvalue weighted by atomic mass is 32.1. The van der Waals surface area contributed by atoms with Gasteiger partial charge in [-0.15, -0.1) is 11.3 Å². The van der Waals surface area contributed by atoms with Crippen molar-refractivity contribution in [1.82, 2.24) is 14.5 Å². The average molecular weight is 668 g/mol. The number of fused-ring (bicyclic) bond motifs is 15. The minimum Gasteiger partial charge on any atom is -0.454 e. The van der Waals surface area contributed by atoms with Crippen LogP contribution in [0.5, 0.6) is 0 Å². The van der Waals surface area contributed by atoms with Crippen molar-refractivity contribution in [2.45, 2.75) is 0 Å². The van der Waals surface area contributed by atoms with Gasteiger partial charge in [0.1, 0.15) is 21.6 Å². The predicted octanol–water partition coefficient (Wildman–Crippen LogP) is 13.0. The summed E-state index contributed by atoms with van der Waals surface area (Å²) in [5, 5.41) is 12.7. The number of aromatic nitrogens is 3. The Kier molecular flexibility index (Phi) is 5.35. The van der Waals surface area contributed by atoms with Gasteiger partial charge in [0.15, 0.2) is 11.4 Å². The number of benzene rings is 8. The van der Waals surface area contributed by atoms with Crippen molar-refractivity contribution in [1.29, 1.82) is 0 Å². The minimum atomic E-state index is 0.787. The van der Waals surface area contributed by atoms with Gasteiger partial charge in [-0.1, -0.05) is 121 Å². The van der Waals surface area contributed by atoms with Gasteiger partial charge in [0, 0.05) is 37.2 Å². The maximum Gasteiger partial charge on any atom is 0.165 e. The van der Waals surface area contributed by atoms with Gasteiger partial charge in [-0.3, -0.25) is 4.57 Å². The molecule has 0 fully saturated rings. The van der Waals surface area contributed by atoms with Crippen molar-refractivity contribution >= 4 is 108 Å². The molecule has 0 saturated heterocycles. The highest BCUT2D eigenvalue weighted by molar-refractivity contribution is 7.25. The maximum absolute atomic E-state index is 7.05. The van der Waals surface area contributed by atoms with Crippen molar-refractivity contribution < 1.29 is 4.42 Å². The lowest BCUT2D eigenvalue weighted by Crippen LogP contribution is -2.03. The molecule has 5 heteroatoms. The third kappa shape index (κ3) is 3.73. The first-order chi connectivity index (χ1) is 25.3. The Morgan fingerprint density at radius 2 is 1.16 bits per heavy atom. The Morgan fingerprint density at radius 3 is 1.98 bits per heavy atom. The molecule has 0 spiro atoms. The van der Waals surface area contributed by atoms with E-state index in [4.69, 9.17) is 14.4 Å². The number of para-hydroxylation sites is 1. The van der Waals surface area contributed by atoms with Crippen LogP contribution in [-0.2, 0) is 0 Å². The highest BCUT2D eigenvalue weighted by Crippen LogP contribution is 2.47. The number of hydrogen-bond acceptors (Lipinski definition) is 4. The number of rotatable bonds is 2. The molecular formula is C46H25N3OS. The average Bonchev–Trinajstić information content (AvgIpc) is 3.85. The molecule has 0 aliphatic heterocycles. The number of nitrogens with zero attached hydrogens (tertiary/aromatic N) is 3. The van der Waals surface area contributed by atoms with Gasteiger partial charge in [0.2, 0.25) is 0 Å². The Morgan fingerprint density at radius 1 is 0.510 bits per heavy atom. The number of furan rings is 1. The SMILES string of the molecule is c1ccc2cc(-c3nc4sc5ccccc5c4nc3-n3c4ccccc4c4c5ccccc5c5c6cc7ccccc7cc6oc5c43)ccc2c1. The minimum absolute atomic E-state index is 0.787. The Hall–Kier alpha value is -6.56. The van der Waals surface area contributed by atoms with E-state index < -0.39 is 0 Å². The molecule has 4 nitrogen and oxygen atoms in total. The summed E-state index contributed by atoms with van der Waals surface area (Å²) >= 11 is 1.69. The van der Waals surface area contributed by atoms with E-state index in [9.17, 15) is 0 Å². The molecule has 12 rings (SSSR count). The van der Waals surface area contributed by atoms with Crippen LogP contribution in [0.2, 0.25) is 0 Å². The summed E-state index contributed by atoms with van der Waals surface area (Å²) in [6.07, 6.45) is 0. The zero-order valence-electron chi connectivity index (χ0n) is 27.1. The lowest BCUT2D eigenvalue weighted by Gasteiger charge is -2.14. The Balaban J connectivity index is 1.32. The van der Waals surface area contributed by atoms with Crippen LogP contribution < -0.4 is 0 Å². The van der Waals surface area contributed by atoms with Crippen LogP contribution in [0.1, 0.15) is 0 Å². The molecule has 0 unspecified atom stereocenters. The van der Waals surface area contributed by atoms with E-state index in [2.05, 4.69) is 156 Å². The quantitative estimate of drug-likeness (QED) is 0.184. The molecule has 0 saturated carbocycles. The highest BCUT2D eigenvalue weighted by Gasteiger charge is 2.26. The zero-order valence-corrected chi connectivity index (χ0v) is 27.9. The molecule has 4 aromatic heterocycles. The van der Waals surface area contributed by atoms with E-state index in [1.165, 1.54) is 31.6 Å². The van der Waals surface area contributed by atoms with Crippen LogP contribution in [0.3, 0.4) is 0 Å². The van der Waals surface area contributed by atoms with Gasteiger partial charge in [-0.25, -0.2) is 9.97 Å². The predicted molar refractivity (Wildman–Crippen MR) is 214 cm³/mol. The second kappa shape index (κ2) is 10.0. The molecule has 0 aliphatic rings. The van der Waals surface area contributed by atoms with Gasteiger partial charge >= 0.3 is 0 Å². The summed E-state index contributed by atoms with van der Waals surface area (Å²) in [5.74, 6) is 0.787. The van der Waals surface area contributed by atoms with Gasteiger partial charge in [-0.05, 0) is 62.6 Å². The van der Waals surface area contributed by atoms with Gasteiger partial charge < -0.3 is 4.42 Å². The van der Waals surface area contributed by atoms with Crippen LogP contribution in [0, 0.1) is 0 Å². The summed E-state index contributed by atoms with van der Waals surface area (Å²) in [7, 11) is 0. The van der Waals surface area contributed by atoms with Crippen LogP contribution in [0.25, 0.3) is 114 Å². The topological polar surface area (TPSA) is 43.9 Å². The second-order valence-electron chi connectivity index (χ2n) is 13.3. The zero-order chi connectivity index (χ0) is 33.2. The molecule has 0 aliphatic carbocycles. The summed E-state index contributed by atoms with van der Waals surface area (Å²) in [6, 6.07) is 54.0. The summed E-state index contributed by atoms with van der Waals surface area (Å²) in [4.78, 5) is 12.0. The van der Waals surface area contributed by atoms with Crippen molar-refractivity contribution in [3.63, 3.8) is 0 Å². The second-order valence-corrected chi connectivity index (χ2v) is 14.4. The molecule has 51 heavy (non-hydrogen) atoms. The molecular weight excluding hydrogens is 643 g/mol. The fourth-order valence-electron chi connectivity index (χ4n) is 8.28. The fraction of sp³-hybridized carbons (Fsp3) is 0. The fourth-order valence-corrected chi connectivity index (χ4v) is 9.30. The van der Waals surface area contributed by atoms with Crippen LogP contribution >= 0.6 is 11.3 Å². The number of hydrogen-bond donors (Lipinski definition) is 0. The smallest absolute Gasteiger partial charge is 0.165 e. The van der Waals surface area contributed by atoms with Crippen molar-refractivity contribution in [3.8, 4) is 17.1 Å². The monoisotopic (exact) mass is 667 g/mol. The standard InChI is InChI=1S/C46H25N3OS/c1-2-12-27-23-30(22-21-26(27)11-1)41-45(47-42-34-18-8-10-20-38(34)51-46(42)48-41)49-36-19-9-7-17-33(36)39-31-15-5-6-16-32(31)40-35-24-28-13-3-4-14-29(28)25-37(35)50-44(40)43(39)49/h1-25H. The van der Waals surface area contributed by atoms with E-state index in [-0.39, 0.29) is 0 Å². The van der Waals surface area contributed by atoms with Crippen molar-refractivity contribution in [2.75, 3.05) is 0 Å². The largest absolute Gasteiger partial charge is 0.454 e. The molecule has 0 N–H and O–H groups in total. The van der Waals surface area contributed by atoms with Crippen LogP contribution in [-0.4, -0.2) is 14.5 Å². The van der Waals surface area contributed by atoms with Crippen LogP contribution in [0.4, 0.5) is 0 Å². The lowest BCUT2D eigenvalue weighted by molar-refractivity contribution is 0.671. The summed E-state index contributed by atoms with van der Waals surface area (Å²) < 4.78 is 10.6. The Bertz CT molecular complexity index is 3440. The first-order valence-electron chi connectivity index (χ1n) is 17.2. The normalized spacial score (nSPS) is 12.3. The molecule has 4 heterocycles. The Labute approximate surface area is 294 Å². The van der Waals surface area contributed by atoms with Gasteiger partial charge in [-0.2, -0.15) is 0 Å². The molecule has 236 valence electrons. The van der Waals surface area contributed by atoms with E-state index in [0.29, 0.717) is 0 Å². The molecule has 0 atom stereocenters. The third-order valence-electron chi connectivity index (χ3n) is 10.5. The molecule has 0 amide bonds. The van der Waals surface area contributed by atoms with E-state index in [1.807, 2.05) is 0 Å². The van der Waals surface area contributed by atoms with Crippen LogP contribution in [0.15, 0.2) is 156 Å². The van der Waals surface area contributed by atoms with E-state index in [1.54, 1.807) is 11.3 Å².